The monoisotopic (exact) mass is 447 g/mol. The molecule has 0 saturated heterocycles. The number of benzene rings is 2. The summed E-state index contributed by atoms with van der Waals surface area (Å²) in [6.45, 7) is 11.5. The van der Waals surface area contributed by atoms with E-state index in [0.717, 1.165) is 40.3 Å². The minimum absolute atomic E-state index is 0.158. The van der Waals surface area contributed by atoms with E-state index in [4.69, 9.17) is 14.5 Å². The number of aryl methyl sites for hydroxylation is 4. The fraction of sp³-hybridized carbons (Fsp3) is 0.320. The number of anilines is 1. The predicted molar refractivity (Wildman–Crippen MR) is 128 cm³/mol. The Balaban J connectivity index is 1.61. The molecular formula is C25H29N5O3. The van der Waals surface area contributed by atoms with Crippen LogP contribution in [-0.2, 0) is 13.1 Å². The molecule has 2 N–H and O–H groups in total. The largest absolute Gasteiger partial charge is 0.454 e. The van der Waals surface area contributed by atoms with Crippen molar-refractivity contribution in [3.8, 4) is 11.5 Å². The minimum atomic E-state index is -0.290. The van der Waals surface area contributed by atoms with Crippen LogP contribution in [0.4, 0.5) is 5.69 Å². The van der Waals surface area contributed by atoms with Gasteiger partial charge in [-0.1, -0.05) is 6.07 Å². The summed E-state index contributed by atoms with van der Waals surface area (Å²) in [5.41, 5.74) is 6.62. The second-order valence-electron chi connectivity index (χ2n) is 8.15. The van der Waals surface area contributed by atoms with Gasteiger partial charge in [-0.25, -0.2) is 4.99 Å². The Morgan fingerprint density at radius 3 is 2.48 bits per heavy atom. The molecule has 172 valence electrons. The number of carbonyl (C=O) groups excluding carboxylic acids is 1. The van der Waals surface area contributed by atoms with Crippen LogP contribution in [0, 0.1) is 27.7 Å². The van der Waals surface area contributed by atoms with Gasteiger partial charge < -0.3 is 14.8 Å². The molecule has 0 spiro atoms. The fourth-order valence-electron chi connectivity index (χ4n) is 3.94. The summed E-state index contributed by atoms with van der Waals surface area (Å²) >= 11 is 0. The summed E-state index contributed by atoms with van der Waals surface area (Å²) in [5, 5.41) is 10.8. The quantitative estimate of drug-likeness (QED) is 0.451. The molecule has 1 aliphatic heterocycles. The normalized spacial score (nSPS) is 12.7. The van der Waals surface area contributed by atoms with E-state index in [1.807, 2.05) is 44.5 Å². The second-order valence-corrected chi connectivity index (χ2v) is 8.15. The number of nitrogens with one attached hydrogen (secondary N) is 2. The van der Waals surface area contributed by atoms with Crippen LogP contribution in [0.1, 0.15) is 45.4 Å². The molecular weight excluding hydrogens is 418 g/mol. The summed E-state index contributed by atoms with van der Waals surface area (Å²) < 4.78 is 12.7. The summed E-state index contributed by atoms with van der Waals surface area (Å²) in [4.78, 5) is 17.8. The highest BCUT2D eigenvalue weighted by Gasteiger charge is 2.18. The van der Waals surface area contributed by atoms with Gasteiger partial charge in [-0.05, 0) is 76.1 Å². The van der Waals surface area contributed by atoms with Crippen molar-refractivity contribution in [2.24, 2.45) is 4.99 Å². The van der Waals surface area contributed by atoms with Crippen molar-refractivity contribution in [1.82, 2.24) is 15.1 Å². The van der Waals surface area contributed by atoms with Gasteiger partial charge in [0.25, 0.3) is 5.91 Å². The molecule has 33 heavy (non-hydrogen) atoms. The van der Waals surface area contributed by atoms with E-state index >= 15 is 0 Å². The summed E-state index contributed by atoms with van der Waals surface area (Å²) in [6.07, 6.45) is 0. The Kier molecular flexibility index (Phi) is 6.35. The maximum absolute atomic E-state index is 13.0. The molecule has 0 unspecified atom stereocenters. The molecule has 2 heterocycles. The van der Waals surface area contributed by atoms with E-state index in [-0.39, 0.29) is 12.7 Å². The minimum Gasteiger partial charge on any atom is -0.454 e. The Bertz CT molecular complexity index is 1210. The Morgan fingerprint density at radius 2 is 1.79 bits per heavy atom. The van der Waals surface area contributed by atoms with Gasteiger partial charge in [0.15, 0.2) is 11.5 Å². The van der Waals surface area contributed by atoms with Gasteiger partial charge in [0.05, 0.1) is 12.2 Å². The highest BCUT2D eigenvalue weighted by Crippen LogP contribution is 2.32. The molecule has 0 aliphatic carbocycles. The Labute approximate surface area is 193 Å². The standard InChI is InChI=1S/C25H29N5O3/c1-6-30-18(5)21(17(4)29-30)13-26-25(27-20-10-15(2)9-16(3)11-20)28-24(31)19-7-8-22-23(12-19)33-14-32-22/h7-12H,6,13-14H2,1-5H3,(H2,26,27,28,31). The average molecular weight is 448 g/mol. The van der Waals surface area contributed by atoms with Crippen molar-refractivity contribution in [3.05, 3.63) is 70.0 Å². The SMILES string of the molecule is CCn1nc(C)c(CN=C(NC(=O)c2ccc3c(c2)OCO3)Nc2cc(C)cc(C)c2)c1C. The molecule has 0 saturated carbocycles. The van der Waals surface area contributed by atoms with E-state index < -0.39 is 0 Å². The van der Waals surface area contributed by atoms with Crippen molar-refractivity contribution < 1.29 is 14.3 Å². The van der Waals surface area contributed by atoms with E-state index in [1.165, 1.54) is 0 Å². The lowest BCUT2D eigenvalue weighted by molar-refractivity contribution is 0.0976. The number of hydrogen-bond donors (Lipinski definition) is 2. The first-order valence-electron chi connectivity index (χ1n) is 11.0. The number of ether oxygens (including phenoxy) is 2. The fourth-order valence-corrected chi connectivity index (χ4v) is 3.94. The number of guanidine groups is 1. The maximum atomic E-state index is 13.0. The number of rotatable bonds is 5. The number of amides is 1. The van der Waals surface area contributed by atoms with Crippen LogP contribution >= 0.6 is 0 Å². The number of fused-ring (bicyclic) bond motifs is 1. The summed E-state index contributed by atoms with van der Waals surface area (Å²) in [7, 11) is 0. The number of aliphatic imine (C=N–C) groups is 1. The van der Waals surface area contributed by atoms with Crippen molar-refractivity contribution in [2.45, 2.75) is 47.7 Å². The topological polar surface area (TPSA) is 89.8 Å². The first-order valence-corrected chi connectivity index (χ1v) is 11.0. The highest BCUT2D eigenvalue weighted by molar-refractivity contribution is 6.10. The predicted octanol–water partition coefficient (Wildman–Crippen LogP) is 4.26. The van der Waals surface area contributed by atoms with E-state index in [2.05, 4.69) is 28.7 Å². The smallest absolute Gasteiger partial charge is 0.258 e. The van der Waals surface area contributed by atoms with Crippen LogP contribution in [-0.4, -0.2) is 28.4 Å². The summed E-state index contributed by atoms with van der Waals surface area (Å²) in [5.74, 6) is 1.27. The molecule has 1 amide bonds. The van der Waals surface area contributed by atoms with Gasteiger partial charge in [0.1, 0.15) is 0 Å². The average Bonchev–Trinajstić information content (AvgIpc) is 3.34. The zero-order chi connectivity index (χ0) is 23.5. The second kappa shape index (κ2) is 9.36. The number of hydrogen-bond acceptors (Lipinski definition) is 5. The number of carbonyl (C=O) groups is 1. The van der Waals surface area contributed by atoms with Crippen LogP contribution < -0.4 is 20.1 Å². The zero-order valence-electron chi connectivity index (χ0n) is 19.7. The van der Waals surface area contributed by atoms with Gasteiger partial charge in [-0.2, -0.15) is 5.10 Å². The zero-order valence-corrected chi connectivity index (χ0v) is 19.7. The lowest BCUT2D eigenvalue weighted by Gasteiger charge is -2.13. The molecule has 0 atom stereocenters. The molecule has 2 aromatic carbocycles. The molecule has 1 aromatic heterocycles. The van der Waals surface area contributed by atoms with Crippen molar-refractivity contribution in [3.63, 3.8) is 0 Å². The molecule has 0 bridgehead atoms. The van der Waals surface area contributed by atoms with Crippen LogP contribution in [0.2, 0.25) is 0 Å². The van der Waals surface area contributed by atoms with E-state index in [9.17, 15) is 4.79 Å². The lowest BCUT2D eigenvalue weighted by atomic mass is 10.1. The van der Waals surface area contributed by atoms with Gasteiger partial charge in [0, 0.05) is 29.1 Å². The van der Waals surface area contributed by atoms with Crippen molar-refractivity contribution in [2.75, 3.05) is 12.1 Å². The Hall–Kier alpha value is -3.81. The molecule has 3 aromatic rings. The molecule has 8 heteroatoms. The molecule has 0 fully saturated rings. The third kappa shape index (κ3) is 5.00. The van der Waals surface area contributed by atoms with Crippen LogP contribution in [0.15, 0.2) is 41.4 Å². The third-order valence-electron chi connectivity index (χ3n) is 5.58. The van der Waals surface area contributed by atoms with E-state index in [0.29, 0.717) is 29.6 Å². The van der Waals surface area contributed by atoms with Gasteiger partial charge in [-0.15, -0.1) is 0 Å². The van der Waals surface area contributed by atoms with Gasteiger partial charge in [0.2, 0.25) is 12.8 Å². The molecule has 8 nitrogen and oxygen atoms in total. The van der Waals surface area contributed by atoms with Gasteiger partial charge in [-0.3, -0.25) is 14.8 Å². The molecule has 4 rings (SSSR count). The number of nitrogens with zero attached hydrogens (tertiary/aromatic N) is 3. The third-order valence-corrected chi connectivity index (χ3v) is 5.58. The molecule has 0 radical (unpaired) electrons. The number of aromatic nitrogens is 2. The highest BCUT2D eigenvalue weighted by atomic mass is 16.7. The van der Waals surface area contributed by atoms with Crippen LogP contribution in [0.25, 0.3) is 0 Å². The van der Waals surface area contributed by atoms with Crippen LogP contribution in [0.3, 0.4) is 0 Å². The maximum Gasteiger partial charge on any atom is 0.258 e. The molecule has 1 aliphatic rings. The van der Waals surface area contributed by atoms with Crippen molar-refractivity contribution >= 4 is 17.6 Å². The first kappa shape index (κ1) is 22.4. The van der Waals surface area contributed by atoms with Crippen LogP contribution in [0.5, 0.6) is 11.5 Å². The van der Waals surface area contributed by atoms with Crippen molar-refractivity contribution in [1.29, 1.82) is 0 Å². The Morgan fingerprint density at radius 1 is 1.06 bits per heavy atom. The van der Waals surface area contributed by atoms with E-state index in [1.54, 1.807) is 18.2 Å². The summed E-state index contributed by atoms with van der Waals surface area (Å²) in [6, 6.07) is 11.2. The lowest BCUT2D eigenvalue weighted by Crippen LogP contribution is -2.36. The first-order chi connectivity index (χ1) is 15.8. The van der Waals surface area contributed by atoms with Gasteiger partial charge >= 0.3 is 0 Å².